The van der Waals surface area contributed by atoms with E-state index in [-0.39, 0.29) is 18.6 Å². The number of hydrogen-bond donors (Lipinski definition) is 1. The van der Waals surface area contributed by atoms with Crippen LogP contribution in [-0.2, 0) is 20.5 Å². The van der Waals surface area contributed by atoms with Gasteiger partial charge in [-0.1, -0.05) is 23.7 Å². The number of amides is 1. The maximum absolute atomic E-state index is 12.9. The Hall–Kier alpha value is -2.87. The van der Waals surface area contributed by atoms with Crippen LogP contribution in [0.1, 0.15) is 28.8 Å². The fourth-order valence-corrected chi connectivity index (χ4v) is 2.37. The maximum atomic E-state index is 12.9. The van der Waals surface area contributed by atoms with Gasteiger partial charge in [-0.05, 0) is 36.4 Å². The Bertz CT molecular complexity index is 866. The summed E-state index contributed by atoms with van der Waals surface area (Å²) in [5.74, 6) is -2.05. The lowest BCUT2D eigenvalue weighted by Gasteiger charge is -2.13. The summed E-state index contributed by atoms with van der Waals surface area (Å²) < 4.78 is 43.3. The summed E-state index contributed by atoms with van der Waals surface area (Å²) >= 11 is 5.72. The molecule has 148 valence electrons. The van der Waals surface area contributed by atoms with E-state index >= 15 is 0 Å². The highest BCUT2D eigenvalue weighted by atomic mass is 35.5. The molecular weight excluding hydrogens is 399 g/mol. The third-order valence-corrected chi connectivity index (χ3v) is 3.85. The zero-order chi connectivity index (χ0) is 20.7. The van der Waals surface area contributed by atoms with E-state index in [4.69, 9.17) is 16.3 Å². The maximum Gasteiger partial charge on any atom is 0.418 e. The van der Waals surface area contributed by atoms with E-state index in [0.29, 0.717) is 10.6 Å². The van der Waals surface area contributed by atoms with E-state index in [1.807, 2.05) is 0 Å². The number of hydrogen-bond acceptors (Lipinski definition) is 4. The first kappa shape index (κ1) is 21.4. The van der Waals surface area contributed by atoms with Gasteiger partial charge in [-0.25, -0.2) is 0 Å². The average Bonchev–Trinajstić information content (AvgIpc) is 2.64. The van der Waals surface area contributed by atoms with E-state index < -0.39 is 35.9 Å². The Labute approximate surface area is 163 Å². The monoisotopic (exact) mass is 413 g/mol. The van der Waals surface area contributed by atoms with Crippen LogP contribution < -0.4 is 5.32 Å². The summed E-state index contributed by atoms with van der Waals surface area (Å²) in [6, 6.07) is 10.5. The number of rotatable bonds is 7. The van der Waals surface area contributed by atoms with Gasteiger partial charge in [0.25, 0.3) is 5.91 Å². The largest absolute Gasteiger partial charge is 0.456 e. The predicted molar refractivity (Wildman–Crippen MR) is 96.0 cm³/mol. The molecular formula is C19H15ClF3NO4. The number of carbonyl (C=O) groups excluding carboxylic acids is 3. The van der Waals surface area contributed by atoms with Crippen molar-refractivity contribution in [2.45, 2.75) is 19.0 Å². The molecule has 0 saturated heterocycles. The molecule has 9 heteroatoms. The summed E-state index contributed by atoms with van der Waals surface area (Å²) in [6.07, 6.45) is -5.05. The van der Waals surface area contributed by atoms with Crippen LogP contribution >= 0.6 is 11.6 Å². The van der Waals surface area contributed by atoms with E-state index in [1.54, 1.807) is 0 Å². The number of ketones is 1. The Kier molecular flexibility index (Phi) is 7.17. The molecule has 1 amide bonds. The van der Waals surface area contributed by atoms with E-state index in [9.17, 15) is 27.6 Å². The van der Waals surface area contributed by atoms with Crippen LogP contribution in [-0.4, -0.2) is 24.3 Å². The number of ether oxygens (including phenoxy) is 1. The number of anilines is 1. The topological polar surface area (TPSA) is 72.5 Å². The van der Waals surface area contributed by atoms with Gasteiger partial charge in [0.2, 0.25) is 0 Å². The van der Waals surface area contributed by atoms with Crippen molar-refractivity contribution >= 4 is 34.9 Å². The highest BCUT2D eigenvalue weighted by molar-refractivity contribution is 6.30. The van der Waals surface area contributed by atoms with Crippen molar-refractivity contribution in [2.24, 2.45) is 0 Å². The minimum atomic E-state index is -4.64. The molecule has 28 heavy (non-hydrogen) atoms. The lowest BCUT2D eigenvalue weighted by molar-refractivity contribution is -0.147. The van der Waals surface area contributed by atoms with Crippen LogP contribution in [0.15, 0.2) is 48.5 Å². The van der Waals surface area contributed by atoms with Crippen LogP contribution in [0.2, 0.25) is 5.02 Å². The summed E-state index contributed by atoms with van der Waals surface area (Å²) in [5.41, 5.74) is -1.07. The van der Waals surface area contributed by atoms with Crippen molar-refractivity contribution in [2.75, 3.05) is 11.9 Å². The van der Waals surface area contributed by atoms with Crippen LogP contribution in [0, 0.1) is 0 Å². The second-order valence-corrected chi connectivity index (χ2v) is 6.12. The quantitative estimate of drug-likeness (QED) is 0.535. The number of para-hydroxylation sites is 1. The molecule has 2 rings (SSSR count). The molecule has 0 saturated carbocycles. The first-order chi connectivity index (χ1) is 13.2. The van der Waals surface area contributed by atoms with Crippen LogP contribution in [0.5, 0.6) is 0 Å². The Morgan fingerprint density at radius 2 is 1.61 bits per heavy atom. The SMILES string of the molecule is O=C(COC(=O)CCC(=O)c1ccc(Cl)cc1)Nc1ccccc1C(F)(F)F. The smallest absolute Gasteiger partial charge is 0.418 e. The average molecular weight is 414 g/mol. The molecule has 0 radical (unpaired) electrons. The van der Waals surface area contributed by atoms with Gasteiger partial charge in [0.05, 0.1) is 17.7 Å². The molecule has 0 aliphatic rings. The molecule has 2 aromatic rings. The number of carbonyl (C=O) groups is 3. The standard InChI is InChI=1S/C19H15ClF3NO4/c20-13-7-5-12(6-8-13)16(25)9-10-18(27)28-11-17(26)24-15-4-2-1-3-14(15)19(21,22)23/h1-8H,9-11H2,(H,24,26). The number of benzene rings is 2. The number of Topliss-reactive ketones (excluding diaryl/α,β-unsaturated/α-hetero) is 1. The zero-order valence-electron chi connectivity index (χ0n) is 14.4. The molecule has 0 bridgehead atoms. The molecule has 0 atom stereocenters. The van der Waals surface area contributed by atoms with Crippen molar-refractivity contribution in [3.63, 3.8) is 0 Å². The van der Waals surface area contributed by atoms with Gasteiger partial charge in [0.15, 0.2) is 12.4 Å². The lowest BCUT2D eigenvalue weighted by atomic mass is 10.1. The van der Waals surface area contributed by atoms with Crippen molar-refractivity contribution in [3.8, 4) is 0 Å². The number of esters is 1. The molecule has 0 spiro atoms. The van der Waals surface area contributed by atoms with Gasteiger partial charge in [-0.3, -0.25) is 14.4 Å². The van der Waals surface area contributed by atoms with E-state index in [2.05, 4.69) is 5.32 Å². The van der Waals surface area contributed by atoms with Crippen molar-refractivity contribution in [1.82, 2.24) is 0 Å². The van der Waals surface area contributed by atoms with E-state index in [1.165, 1.54) is 36.4 Å². The normalized spacial score (nSPS) is 11.0. The summed E-state index contributed by atoms with van der Waals surface area (Å²) in [4.78, 5) is 35.3. The number of nitrogens with one attached hydrogen (secondary N) is 1. The lowest BCUT2D eigenvalue weighted by Crippen LogP contribution is -2.23. The summed E-state index contributed by atoms with van der Waals surface area (Å²) in [7, 11) is 0. The van der Waals surface area contributed by atoms with Crippen LogP contribution in [0.25, 0.3) is 0 Å². The Morgan fingerprint density at radius 1 is 0.964 bits per heavy atom. The first-order valence-electron chi connectivity index (χ1n) is 8.07. The predicted octanol–water partition coefficient (Wildman–Crippen LogP) is 4.50. The second-order valence-electron chi connectivity index (χ2n) is 5.68. The third kappa shape index (κ3) is 6.38. The molecule has 0 fully saturated rings. The van der Waals surface area contributed by atoms with Gasteiger partial charge in [-0.15, -0.1) is 0 Å². The first-order valence-corrected chi connectivity index (χ1v) is 8.45. The molecule has 0 aromatic heterocycles. The molecule has 2 aromatic carbocycles. The summed E-state index contributed by atoms with van der Waals surface area (Å²) in [6.45, 7) is -0.764. The highest BCUT2D eigenvalue weighted by Gasteiger charge is 2.33. The van der Waals surface area contributed by atoms with Crippen molar-refractivity contribution < 1.29 is 32.3 Å². The Balaban J connectivity index is 1.81. The molecule has 0 aliphatic heterocycles. The van der Waals surface area contributed by atoms with Crippen LogP contribution in [0.3, 0.4) is 0 Å². The van der Waals surface area contributed by atoms with Gasteiger partial charge in [-0.2, -0.15) is 13.2 Å². The Morgan fingerprint density at radius 3 is 2.25 bits per heavy atom. The fourth-order valence-electron chi connectivity index (χ4n) is 2.24. The fraction of sp³-hybridized carbons (Fsp3) is 0.211. The second kappa shape index (κ2) is 9.36. The highest BCUT2D eigenvalue weighted by Crippen LogP contribution is 2.34. The van der Waals surface area contributed by atoms with Gasteiger partial charge in [0.1, 0.15) is 0 Å². The van der Waals surface area contributed by atoms with Gasteiger partial charge in [0, 0.05) is 17.0 Å². The molecule has 0 aliphatic carbocycles. The van der Waals surface area contributed by atoms with Gasteiger partial charge >= 0.3 is 12.1 Å². The summed E-state index contributed by atoms with van der Waals surface area (Å²) in [5, 5.41) is 2.52. The van der Waals surface area contributed by atoms with E-state index in [0.717, 1.165) is 12.1 Å². The van der Waals surface area contributed by atoms with Crippen molar-refractivity contribution in [3.05, 3.63) is 64.7 Å². The molecule has 5 nitrogen and oxygen atoms in total. The third-order valence-electron chi connectivity index (χ3n) is 3.59. The van der Waals surface area contributed by atoms with Crippen molar-refractivity contribution in [1.29, 1.82) is 0 Å². The van der Waals surface area contributed by atoms with Crippen LogP contribution in [0.4, 0.5) is 18.9 Å². The molecule has 0 heterocycles. The minimum Gasteiger partial charge on any atom is -0.456 e. The minimum absolute atomic E-state index is 0.140. The number of alkyl halides is 3. The molecule has 0 unspecified atom stereocenters. The molecule has 1 N–H and O–H groups in total. The number of halogens is 4. The zero-order valence-corrected chi connectivity index (χ0v) is 15.1. The van der Waals surface area contributed by atoms with Gasteiger partial charge < -0.3 is 10.1 Å².